The molecule has 0 aliphatic rings. The van der Waals surface area contributed by atoms with Crippen molar-refractivity contribution in [3.8, 4) is 11.8 Å². The summed E-state index contributed by atoms with van der Waals surface area (Å²) in [7, 11) is 0. The van der Waals surface area contributed by atoms with Gasteiger partial charge in [-0.2, -0.15) is 5.26 Å². The van der Waals surface area contributed by atoms with E-state index in [9.17, 15) is 4.39 Å². The van der Waals surface area contributed by atoms with Crippen molar-refractivity contribution in [2.45, 2.75) is 6.61 Å². The minimum absolute atomic E-state index is 0.0347. The van der Waals surface area contributed by atoms with Crippen LogP contribution in [-0.4, -0.2) is 9.97 Å². The summed E-state index contributed by atoms with van der Waals surface area (Å²) < 4.78 is 18.6. The molecule has 0 atom stereocenters. The molecule has 4 nitrogen and oxygen atoms in total. The Morgan fingerprint density at radius 3 is 3.00 bits per heavy atom. The van der Waals surface area contributed by atoms with Crippen LogP contribution in [0, 0.1) is 17.1 Å². The summed E-state index contributed by atoms with van der Waals surface area (Å²) in [6, 6.07) is 6.31. The Morgan fingerprint density at radius 2 is 2.24 bits per heavy atom. The molecule has 0 aromatic carbocycles. The zero-order chi connectivity index (χ0) is 12.1. The van der Waals surface area contributed by atoms with Gasteiger partial charge in [0.1, 0.15) is 24.2 Å². The van der Waals surface area contributed by atoms with Gasteiger partial charge < -0.3 is 4.74 Å². The molecule has 0 N–H and O–H groups in total. The quantitative estimate of drug-likeness (QED) is 0.808. The third-order valence-electron chi connectivity index (χ3n) is 2.10. The monoisotopic (exact) mass is 229 g/mol. The lowest BCUT2D eigenvalue weighted by atomic mass is 10.3. The summed E-state index contributed by atoms with van der Waals surface area (Å²) in [5, 5.41) is 8.82. The maximum atomic E-state index is 13.3. The Morgan fingerprint density at radius 1 is 1.35 bits per heavy atom. The van der Waals surface area contributed by atoms with Crippen molar-refractivity contribution in [2.24, 2.45) is 0 Å². The van der Waals surface area contributed by atoms with Crippen molar-refractivity contribution >= 4 is 0 Å². The number of nitrogens with zero attached hydrogens (tertiary/aromatic N) is 3. The molecular formula is C12H8FN3O. The average molecular weight is 229 g/mol. The fourth-order valence-corrected chi connectivity index (χ4v) is 1.26. The Kier molecular flexibility index (Phi) is 3.26. The fraction of sp³-hybridized carbons (Fsp3) is 0.0833. The molecule has 0 saturated heterocycles. The molecule has 84 valence electrons. The summed E-state index contributed by atoms with van der Waals surface area (Å²) in [6.07, 6.45) is 4.39. The normalized spacial score (nSPS) is 9.65. The van der Waals surface area contributed by atoms with E-state index in [0.29, 0.717) is 11.3 Å². The molecule has 0 spiro atoms. The van der Waals surface area contributed by atoms with Crippen LogP contribution in [0.25, 0.3) is 0 Å². The van der Waals surface area contributed by atoms with Crippen LogP contribution in [-0.2, 0) is 6.61 Å². The van der Waals surface area contributed by atoms with Gasteiger partial charge in [-0.1, -0.05) is 0 Å². The number of halogens is 1. The number of ether oxygens (including phenoxy) is 1. The smallest absolute Gasteiger partial charge is 0.155 e. The lowest BCUT2D eigenvalue weighted by Gasteiger charge is -2.06. The zero-order valence-corrected chi connectivity index (χ0v) is 8.80. The first-order valence-corrected chi connectivity index (χ1v) is 4.87. The topological polar surface area (TPSA) is 58.8 Å². The van der Waals surface area contributed by atoms with Crippen LogP contribution in [0.15, 0.2) is 36.8 Å². The van der Waals surface area contributed by atoms with Gasteiger partial charge in [0.05, 0.1) is 11.8 Å². The molecule has 0 amide bonds. The maximum absolute atomic E-state index is 13.3. The van der Waals surface area contributed by atoms with Gasteiger partial charge in [-0.05, 0) is 18.2 Å². The Bertz CT molecular complexity index is 566. The summed E-state index contributed by atoms with van der Waals surface area (Å²) in [6.45, 7) is -0.0347. The second kappa shape index (κ2) is 5.03. The standard InChI is InChI=1S/C12H8FN3O/c13-10-2-1-4-16-11(10)8-17-12-7-15-5-3-9(12)6-14/h1-5,7H,8H2. The van der Waals surface area contributed by atoms with Crippen molar-refractivity contribution in [3.63, 3.8) is 0 Å². The second-order valence-corrected chi connectivity index (χ2v) is 3.20. The predicted molar refractivity (Wildman–Crippen MR) is 57.5 cm³/mol. The molecule has 2 aromatic rings. The number of pyridine rings is 2. The number of hydrogen-bond donors (Lipinski definition) is 0. The van der Waals surface area contributed by atoms with Crippen LogP contribution in [0.1, 0.15) is 11.3 Å². The number of nitriles is 1. The molecule has 2 heterocycles. The molecule has 2 aromatic heterocycles. The van der Waals surface area contributed by atoms with Gasteiger partial charge in [0.2, 0.25) is 0 Å². The highest BCUT2D eigenvalue weighted by Crippen LogP contribution is 2.16. The Balaban J connectivity index is 2.13. The van der Waals surface area contributed by atoms with Gasteiger partial charge in [0, 0.05) is 12.4 Å². The minimum Gasteiger partial charge on any atom is -0.484 e. The van der Waals surface area contributed by atoms with Crippen LogP contribution >= 0.6 is 0 Å². The van der Waals surface area contributed by atoms with Crippen molar-refractivity contribution < 1.29 is 9.13 Å². The van der Waals surface area contributed by atoms with Gasteiger partial charge in [0.15, 0.2) is 5.75 Å². The Labute approximate surface area is 97.3 Å². The van der Waals surface area contributed by atoms with E-state index in [-0.39, 0.29) is 12.3 Å². The van der Waals surface area contributed by atoms with Crippen LogP contribution in [0.2, 0.25) is 0 Å². The molecule has 2 rings (SSSR count). The molecule has 0 bridgehead atoms. The van der Waals surface area contributed by atoms with Crippen LogP contribution in [0.4, 0.5) is 4.39 Å². The summed E-state index contributed by atoms with van der Waals surface area (Å²) in [4.78, 5) is 7.68. The summed E-state index contributed by atoms with van der Waals surface area (Å²) in [5.74, 6) is -0.116. The van der Waals surface area contributed by atoms with E-state index in [2.05, 4.69) is 9.97 Å². The first kappa shape index (κ1) is 11.0. The van der Waals surface area contributed by atoms with E-state index < -0.39 is 5.82 Å². The molecule has 0 fully saturated rings. The van der Waals surface area contributed by atoms with Crippen LogP contribution in [0.3, 0.4) is 0 Å². The van der Waals surface area contributed by atoms with Gasteiger partial charge >= 0.3 is 0 Å². The maximum Gasteiger partial charge on any atom is 0.155 e. The van der Waals surface area contributed by atoms with Gasteiger partial charge in [0.25, 0.3) is 0 Å². The molecular weight excluding hydrogens is 221 g/mol. The lowest BCUT2D eigenvalue weighted by molar-refractivity contribution is 0.292. The SMILES string of the molecule is N#Cc1ccncc1OCc1ncccc1F. The van der Waals surface area contributed by atoms with Crippen LogP contribution in [0.5, 0.6) is 5.75 Å². The number of rotatable bonds is 3. The van der Waals surface area contributed by atoms with Crippen molar-refractivity contribution in [3.05, 3.63) is 53.9 Å². The van der Waals surface area contributed by atoms with E-state index in [1.165, 1.54) is 36.8 Å². The highest BCUT2D eigenvalue weighted by atomic mass is 19.1. The Hall–Kier alpha value is -2.48. The van der Waals surface area contributed by atoms with Gasteiger partial charge in [-0.15, -0.1) is 0 Å². The predicted octanol–water partition coefficient (Wildman–Crippen LogP) is 2.07. The molecule has 0 aliphatic carbocycles. The third-order valence-corrected chi connectivity index (χ3v) is 2.10. The van der Waals surface area contributed by atoms with E-state index in [0.717, 1.165) is 0 Å². The summed E-state index contributed by atoms with van der Waals surface area (Å²) >= 11 is 0. The molecule has 0 saturated carbocycles. The molecule has 17 heavy (non-hydrogen) atoms. The fourth-order valence-electron chi connectivity index (χ4n) is 1.26. The number of hydrogen-bond acceptors (Lipinski definition) is 4. The van der Waals surface area contributed by atoms with E-state index in [4.69, 9.17) is 10.00 Å². The molecule has 5 heteroatoms. The van der Waals surface area contributed by atoms with Gasteiger partial charge in [-0.25, -0.2) is 4.39 Å². The van der Waals surface area contributed by atoms with E-state index >= 15 is 0 Å². The number of aromatic nitrogens is 2. The molecule has 0 radical (unpaired) electrons. The largest absolute Gasteiger partial charge is 0.484 e. The first-order chi connectivity index (χ1) is 8.31. The second-order valence-electron chi connectivity index (χ2n) is 3.20. The lowest BCUT2D eigenvalue weighted by Crippen LogP contribution is -2.02. The highest BCUT2D eigenvalue weighted by Gasteiger charge is 2.06. The van der Waals surface area contributed by atoms with Crippen molar-refractivity contribution in [2.75, 3.05) is 0 Å². The zero-order valence-electron chi connectivity index (χ0n) is 8.80. The van der Waals surface area contributed by atoms with E-state index in [1.54, 1.807) is 0 Å². The summed E-state index contributed by atoms with van der Waals surface area (Å²) in [5.41, 5.74) is 0.552. The third kappa shape index (κ3) is 2.55. The molecule has 0 unspecified atom stereocenters. The first-order valence-electron chi connectivity index (χ1n) is 4.87. The van der Waals surface area contributed by atoms with Gasteiger partial charge in [-0.3, -0.25) is 9.97 Å². The molecule has 0 aliphatic heterocycles. The van der Waals surface area contributed by atoms with Crippen LogP contribution < -0.4 is 4.74 Å². The average Bonchev–Trinajstić information content (AvgIpc) is 2.38. The van der Waals surface area contributed by atoms with Crippen molar-refractivity contribution in [1.29, 1.82) is 5.26 Å². The van der Waals surface area contributed by atoms with Crippen molar-refractivity contribution in [1.82, 2.24) is 9.97 Å². The highest BCUT2D eigenvalue weighted by molar-refractivity contribution is 5.40. The van der Waals surface area contributed by atoms with E-state index in [1.807, 2.05) is 6.07 Å². The minimum atomic E-state index is -0.435.